The topological polar surface area (TPSA) is 55.4 Å². The van der Waals surface area contributed by atoms with Gasteiger partial charge >= 0.3 is 5.97 Å². The molecule has 1 heterocycles. The summed E-state index contributed by atoms with van der Waals surface area (Å²) in [7, 11) is 0. The number of rotatable bonds is 4. The minimum Gasteiger partial charge on any atom is -0.459 e. The van der Waals surface area contributed by atoms with Gasteiger partial charge in [0.2, 0.25) is 5.91 Å². The Morgan fingerprint density at radius 1 is 1.47 bits per heavy atom. The first kappa shape index (κ1) is 14.1. The van der Waals surface area contributed by atoms with Gasteiger partial charge in [-0.1, -0.05) is 11.6 Å². The first-order chi connectivity index (χ1) is 8.99. The van der Waals surface area contributed by atoms with E-state index in [2.05, 4.69) is 11.4 Å². The number of hydrogen-bond acceptors (Lipinski definition) is 3. The van der Waals surface area contributed by atoms with Crippen molar-refractivity contribution in [2.75, 3.05) is 6.54 Å². The Hall–Kier alpha value is -1.32. The van der Waals surface area contributed by atoms with Crippen molar-refractivity contribution in [1.29, 1.82) is 0 Å². The zero-order valence-electron chi connectivity index (χ0n) is 11.8. The number of carbonyl (C=O) groups is 2. The molecule has 106 valence electrons. The molecule has 2 aliphatic rings. The number of carbonyl (C=O) groups excluding carboxylic acids is 2. The molecule has 1 atom stereocenters. The van der Waals surface area contributed by atoms with Crippen LogP contribution in [0.25, 0.3) is 0 Å². The molecule has 0 aromatic heterocycles. The smallest absolute Gasteiger partial charge is 0.307 e. The van der Waals surface area contributed by atoms with Gasteiger partial charge in [0.15, 0.2) is 0 Å². The number of esters is 1. The summed E-state index contributed by atoms with van der Waals surface area (Å²) in [5.41, 5.74) is 0.773. The van der Waals surface area contributed by atoms with Gasteiger partial charge in [0, 0.05) is 6.54 Å². The summed E-state index contributed by atoms with van der Waals surface area (Å²) >= 11 is 0. The molecule has 1 N–H and O–H groups in total. The molecule has 0 bridgehead atoms. The van der Waals surface area contributed by atoms with E-state index in [4.69, 9.17) is 4.74 Å². The number of hydrogen-bond donors (Lipinski definition) is 1. The molecule has 1 fully saturated rings. The van der Waals surface area contributed by atoms with E-state index in [9.17, 15) is 9.59 Å². The van der Waals surface area contributed by atoms with Gasteiger partial charge in [0.25, 0.3) is 0 Å². The predicted octanol–water partition coefficient (Wildman–Crippen LogP) is 2.33. The summed E-state index contributed by atoms with van der Waals surface area (Å²) in [6, 6.07) is 0. The van der Waals surface area contributed by atoms with E-state index in [1.165, 1.54) is 24.8 Å². The highest BCUT2D eigenvalue weighted by atomic mass is 16.6. The molecule has 4 heteroatoms. The van der Waals surface area contributed by atoms with Gasteiger partial charge < -0.3 is 10.1 Å². The average molecular weight is 265 g/mol. The van der Waals surface area contributed by atoms with Crippen molar-refractivity contribution in [2.45, 2.75) is 58.0 Å². The van der Waals surface area contributed by atoms with Crippen LogP contribution < -0.4 is 5.32 Å². The molecule has 1 aliphatic heterocycles. The van der Waals surface area contributed by atoms with Crippen molar-refractivity contribution >= 4 is 11.9 Å². The zero-order valence-corrected chi connectivity index (χ0v) is 11.8. The maximum Gasteiger partial charge on any atom is 0.307 e. The Balaban J connectivity index is 1.78. The van der Waals surface area contributed by atoms with Crippen LogP contribution in [0.4, 0.5) is 0 Å². The van der Waals surface area contributed by atoms with E-state index >= 15 is 0 Å². The lowest BCUT2D eigenvalue weighted by Crippen LogP contribution is -2.40. The highest BCUT2D eigenvalue weighted by molar-refractivity contribution is 5.87. The van der Waals surface area contributed by atoms with E-state index in [0.29, 0.717) is 6.54 Å². The zero-order chi connectivity index (χ0) is 13.9. The number of nitrogens with one attached hydrogen (secondary N) is 1. The lowest BCUT2D eigenvalue weighted by molar-refractivity contribution is -0.147. The first-order valence-corrected chi connectivity index (χ1v) is 7.16. The van der Waals surface area contributed by atoms with Crippen LogP contribution in [0.3, 0.4) is 0 Å². The highest BCUT2D eigenvalue weighted by Crippen LogP contribution is 2.32. The predicted molar refractivity (Wildman–Crippen MR) is 72.5 cm³/mol. The number of amides is 1. The fourth-order valence-corrected chi connectivity index (χ4v) is 2.83. The lowest BCUT2D eigenvalue weighted by Gasteiger charge is -2.24. The summed E-state index contributed by atoms with van der Waals surface area (Å²) in [4.78, 5) is 23.4. The summed E-state index contributed by atoms with van der Waals surface area (Å²) < 4.78 is 5.17. The Kier molecular flexibility index (Phi) is 4.27. The second-order valence-electron chi connectivity index (χ2n) is 5.98. The van der Waals surface area contributed by atoms with Crippen LogP contribution in [0, 0.1) is 5.92 Å². The van der Waals surface area contributed by atoms with Crippen molar-refractivity contribution in [3.05, 3.63) is 11.6 Å². The van der Waals surface area contributed by atoms with Crippen molar-refractivity contribution in [3.63, 3.8) is 0 Å². The van der Waals surface area contributed by atoms with Crippen LogP contribution >= 0.6 is 0 Å². The van der Waals surface area contributed by atoms with Crippen molar-refractivity contribution in [1.82, 2.24) is 5.32 Å². The van der Waals surface area contributed by atoms with Crippen LogP contribution in [0.2, 0.25) is 0 Å². The minimum atomic E-state index is -0.675. The number of ether oxygens (including phenoxy) is 1. The third-order valence-corrected chi connectivity index (χ3v) is 4.03. The van der Waals surface area contributed by atoms with Gasteiger partial charge in [-0.05, 0) is 46.0 Å². The summed E-state index contributed by atoms with van der Waals surface area (Å²) in [5.74, 6) is -0.701. The van der Waals surface area contributed by atoms with E-state index in [0.717, 1.165) is 12.8 Å². The standard InChI is InChI=1S/C15H23NO3/c1-15(2)12(10-13(17)19-15)14(18)16-9-8-11-6-4-3-5-7-11/h6,12H,3-5,7-10H2,1-2H3,(H,16,18)/t12-/m1/s1. The molecule has 2 rings (SSSR count). The van der Waals surface area contributed by atoms with Crippen molar-refractivity contribution in [3.8, 4) is 0 Å². The molecular weight excluding hydrogens is 242 g/mol. The molecule has 1 amide bonds. The summed E-state index contributed by atoms with van der Waals surface area (Å²) in [6.07, 6.45) is 8.29. The van der Waals surface area contributed by atoms with Crippen LogP contribution in [0.15, 0.2) is 11.6 Å². The van der Waals surface area contributed by atoms with Gasteiger partial charge in [0.1, 0.15) is 5.60 Å². The molecule has 0 radical (unpaired) electrons. The molecule has 1 saturated heterocycles. The van der Waals surface area contributed by atoms with E-state index in [1.54, 1.807) is 13.8 Å². The fraction of sp³-hybridized carbons (Fsp3) is 0.733. The van der Waals surface area contributed by atoms with Crippen molar-refractivity contribution < 1.29 is 14.3 Å². The van der Waals surface area contributed by atoms with Gasteiger partial charge in [0.05, 0.1) is 12.3 Å². The normalized spacial score (nSPS) is 25.7. The molecular formula is C15H23NO3. The Morgan fingerprint density at radius 2 is 2.26 bits per heavy atom. The second-order valence-corrected chi connectivity index (χ2v) is 5.98. The quantitative estimate of drug-likeness (QED) is 0.627. The number of allylic oxidation sites excluding steroid dienone is 1. The van der Waals surface area contributed by atoms with Crippen LogP contribution in [0.5, 0.6) is 0 Å². The fourth-order valence-electron chi connectivity index (χ4n) is 2.83. The molecule has 0 aromatic carbocycles. The van der Waals surface area contributed by atoms with E-state index in [-0.39, 0.29) is 24.2 Å². The summed E-state index contributed by atoms with van der Waals surface area (Å²) in [6.45, 7) is 4.25. The van der Waals surface area contributed by atoms with Gasteiger partial charge in [-0.15, -0.1) is 0 Å². The monoisotopic (exact) mass is 265 g/mol. The van der Waals surface area contributed by atoms with E-state index in [1.807, 2.05) is 0 Å². The van der Waals surface area contributed by atoms with Crippen LogP contribution in [0.1, 0.15) is 52.4 Å². The molecule has 0 aromatic rings. The SMILES string of the molecule is CC1(C)OC(=O)C[C@@H]1C(=O)NCCC1=CCCCC1. The molecule has 0 spiro atoms. The second kappa shape index (κ2) is 5.76. The number of cyclic esters (lactones) is 1. The Morgan fingerprint density at radius 3 is 2.84 bits per heavy atom. The molecule has 0 saturated carbocycles. The largest absolute Gasteiger partial charge is 0.459 e. The molecule has 4 nitrogen and oxygen atoms in total. The maximum atomic E-state index is 12.1. The van der Waals surface area contributed by atoms with Gasteiger partial charge in [-0.3, -0.25) is 9.59 Å². The van der Waals surface area contributed by atoms with Crippen LogP contribution in [-0.2, 0) is 14.3 Å². The maximum absolute atomic E-state index is 12.1. The average Bonchev–Trinajstić information content (AvgIpc) is 2.64. The summed E-state index contributed by atoms with van der Waals surface area (Å²) in [5, 5.41) is 2.94. The molecule has 19 heavy (non-hydrogen) atoms. The highest BCUT2D eigenvalue weighted by Gasteiger charge is 2.45. The Labute approximate surface area is 114 Å². The van der Waals surface area contributed by atoms with Gasteiger partial charge in [-0.25, -0.2) is 0 Å². The third kappa shape index (κ3) is 3.58. The third-order valence-electron chi connectivity index (χ3n) is 4.03. The van der Waals surface area contributed by atoms with E-state index < -0.39 is 5.60 Å². The minimum absolute atomic E-state index is 0.0627. The Bertz CT molecular complexity index is 398. The molecule has 1 aliphatic carbocycles. The van der Waals surface area contributed by atoms with Gasteiger partial charge in [-0.2, -0.15) is 0 Å². The molecule has 0 unspecified atom stereocenters. The van der Waals surface area contributed by atoms with Crippen LogP contribution in [-0.4, -0.2) is 24.0 Å². The lowest BCUT2D eigenvalue weighted by atomic mass is 9.90. The van der Waals surface area contributed by atoms with Crippen molar-refractivity contribution in [2.24, 2.45) is 5.92 Å². The first-order valence-electron chi connectivity index (χ1n) is 7.16.